The van der Waals surface area contributed by atoms with E-state index in [0.717, 1.165) is 58.5 Å². The van der Waals surface area contributed by atoms with Crippen LogP contribution in [0.15, 0.2) is 18.2 Å². The molecular formula is C23H32N4O4. The summed E-state index contributed by atoms with van der Waals surface area (Å²) in [6.45, 7) is 10.2. The summed E-state index contributed by atoms with van der Waals surface area (Å²) in [5.41, 5.74) is 1.09. The van der Waals surface area contributed by atoms with Gasteiger partial charge in [0.1, 0.15) is 0 Å². The molecule has 3 aliphatic rings. The van der Waals surface area contributed by atoms with Gasteiger partial charge in [0.15, 0.2) is 0 Å². The van der Waals surface area contributed by atoms with Crippen molar-refractivity contribution in [2.75, 3.05) is 59.0 Å². The summed E-state index contributed by atoms with van der Waals surface area (Å²) in [7, 11) is 0. The highest BCUT2D eigenvalue weighted by molar-refractivity contribution is 6.22. The molecule has 4 rings (SSSR count). The van der Waals surface area contributed by atoms with Gasteiger partial charge in [-0.2, -0.15) is 0 Å². The number of ether oxygens (including phenoxy) is 1. The zero-order valence-corrected chi connectivity index (χ0v) is 18.3. The van der Waals surface area contributed by atoms with Crippen LogP contribution in [0, 0.1) is 0 Å². The Morgan fingerprint density at radius 3 is 2.55 bits per heavy atom. The molecule has 8 heteroatoms. The summed E-state index contributed by atoms with van der Waals surface area (Å²) in [4.78, 5) is 44.1. The highest BCUT2D eigenvalue weighted by atomic mass is 16.5. The first-order valence-electron chi connectivity index (χ1n) is 11.4. The summed E-state index contributed by atoms with van der Waals surface area (Å²) < 4.78 is 5.57. The number of piperazine rings is 1. The molecule has 3 heterocycles. The summed E-state index contributed by atoms with van der Waals surface area (Å²) in [5.74, 6) is -0.849. The lowest BCUT2D eigenvalue weighted by Gasteiger charge is -2.33. The van der Waals surface area contributed by atoms with Crippen LogP contribution >= 0.6 is 0 Å². The van der Waals surface area contributed by atoms with Gasteiger partial charge in [0, 0.05) is 44.9 Å². The Bertz CT molecular complexity index is 829. The van der Waals surface area contributed by atoms with Gasteiger partial charge in [-0.25, -0.2) is 0 Å². The molecule has 0 bridgehead atoms. The minimum Gasteiger partial charge on any atom is -0.376 e. The van der Waals surface area contributed by atoms with Gasteiger partial charge in [0.05, 0.1) is 23.8 Å². The van der Waals surface area contributed by atoms with E-state index in [1.54, 1.807) is 18.2 Å². The van der Waals surface area contributed by atoms with E-state index in [1.807, 2.05) is 0 Å². The van der Waals surface area contributed by atoms with Crippen molar-refractivity contribution in [3.63, 3.8) is 0 Å². The number of benzene rings is 1. The average Bonchev–Trinajstić information content (AvgIpc) is 3.40. The third kappa shape index (κ3) is 4.97. The number of hydrogen-bond acceptors (Lipinski definition) is 6. The molecule has 0 radical (unpaired) electrons. The van der Waals surface area contributed by atoms with Gasteiger partial charge in [0.2, 0.25) is 0 Å². The summed E-state index contributed by atoms with van der Waals surface area (Å²) in [6, 6.07) is 4.76. The number of carbonyl (C=O) groups is 3. The molecule has 1 aromatic rings. The van der Waals surface area contributed by atoms with E-state index in [2.05, 4.69) is 22.0 Å². The van der Waals surface area contributed by atoms with Gasteiger partial charge in [-0.15, -0.1) is 0 Å². The maximum atomic E-state index is 12.8. The fourth-order valence-corrected chi connectivity index (χ4v) is 4.53. The van der Waals surface area contributed by atoms with Crippen LogP contribution in [0.2, 0.25) is 0 Å². The number of rotatable bonds is 8. The van der Waals surface area contributed by atoms with Crippen LogP contribution in [-0.4, -0.2) is 97.5 Å². The number of fused-ring (bicyclic) bond motifs is 1. The van der Waals surface area contributed by atoms with E-state index in [1.165, 1.54) is 4.90 Å². The molecule has 0 spiro atoms. The Morgan fingerprint density at radius 2 is 1.84 bits per heavy atom. The van der Waals surface area contributed by atoms with Gasteiger partial charge < -0.3 is 19.9 Å². The quantitative estimate of drug-likeness (QED) is 0.495. The zero-order chi connectivity index (χ0) is 21.8. The SMILES string of the molecule is CCN1CCN(CCCNC(=O)c2ccc3c(c2)C(=O)N(CC2CCCO2)C3=O)CC1. The number of hydrogen-bond donors (Lipinski definition) is 1. The van der Waals surface area contributed by atoms with Crippen LogP contribution in [0.4, 0.5) is 0 Å². The van der Waals surface area contributed by atoms with Crippen LogP contribution in [0.3, 0.4) is 0 Å². The molecule has 0 aromatic heterocycles. The first kappa shape index (κ1) is 21.9. The van der Waals surface area contributed by atoms with Crippen molar-refractivity contribution >= 4 is 17.7 Å². The molecule has 3 amide bonds. The molecule has 1 atom stereocenters. The number of imide groups is 1. The summed E-state index contributed by atoms with van der Waals surface area (Å²) in [5, 5.41) is 2.94. The molecule has 0 aliphatic carbocycles. The molecule has 1 aromatic carbocycles. The van der Waals surface area contributed by atoms with Crippen molar-refractivity contribution in [2.45, 2.75) is 32.3 Å². The molecule has 3 aliphatic heterocycles. The van der Waals surface area contributed by atoms with E-state index in [4.69, 9.17) is 4.74 Å². The maximum absolute atomic E-state index is 12.8. The smallest absolute Gasteiger partial charge is 0.261 e. The van der Waals surface area contributed by atoms with E-state index >= 15 is 0 Å². The van der Waals surface area contributed by atoms with Crippen molar-refractivity contribution in [1.29, 1.82) is 0 Å². The number of nitrogens with one attached hydrogen (secondary N) is 1. The number of nitrogens with zero attached hydrogens (tertiary/aromatic N) is 3. The van der Waals surface area contributed by atoms with Crippen LogP contribution in [0.5, 0.6) is 0 Å². The van der Waals surface area contributed by atoms with Gasteiger partial charge in [-0.3, -0.25) is 19.3 Å². The van der Waals surface area contributed by atoms with Gasteiger partial charge >= 0.3 is 0 Å². The van der Waals surface area contributed by atoms with Crippen molar-refractivity contribution < 1.29 is 19.1 Å². The topological polar surface area (TPSA) is 82.2 Å². The monoisotopic (exact) mass is 428 g/mol. The van der Waals surface area contributed by atoms with Crippen molar-refractivity contribution in [3.8, 4) is 0 Å². The second-order valence-electron chi connectivity index (χ2n) is 8.50. The standard InChI is InChI=1S/C23H32N4O4/c1-2-25-10-12-26(13-11-25)9-4-8-24-21(28)17-6-7-19-20(15-17)23(30)27(22(19)29)16-18-5-3-14-31-18/h6-7,15,18H,2-5,8-14,16H2,1H3,(H,24,28). The zero-order valence-electron chi connectivity index (χ0n) is 18.3. The number of amides is 3. The van der Waals surface area contributed by atoms with Crippen LogP contribution < -0.4 is 5.32 Å². The lowest BCUT2D eigenvalue weighted by molar-refractivity contribution is 0.0475. The van der Waals surface area contributed by atoms with Gasteiger partial charge in [0.25, 0.3) is 17.7 Å². The highest BCUT2D eigenvalue weighted by Gasteiger charge is 2.37. The first-order chi connectivity index (χ1) is 15.1. The maximum Gasteiger partial charge on any atom is 0.261 e. The predicted octanol–water partition coefficient (Wildman–Crippen LogP) is 1.22. The minimum atomic E-state index is -0.337. The Labute approximate surface area is 183 Å². The van der Waals surface area contributed by atoms with E-state index in [-0.39, 0.29) is 30.4 Å². The molecule has 0 saturated carbocycles. The minimum absolute atomic E-state index is 0.0880. The molecule has 2 saturated heterocycles. The van der Waals surface area contributed by atoms with E-state index < -0.39 is 0 Å². The Hall–Kier alpha value is -2.29. The van der Waals surface area contributed by atoms with Crippen LogP contribution in [-0.2, 0) is 4.74 Å². The molecule has 31 heavy (non-hydrogen) atoms. The lowest BCUT2D eigenvalue weighted by atomic mass is 10.1. The molecule has 2 fully saturated rings. The van der Waals surface area contributed by atoms with Crippen molar-refractivity contribution in [2.24, 2.45) is 0 Å². The van der Waals surface area contributed by atoms with Crippen LogP contribution in [0.1, 0.15) is 57.3 Å². The van der Waals surface area contributed by atoms with Crippen molar-refractivity contribution in [3.05, 3.63) is 34.9 Å². The Balaban J connectivity index is 1.27. The second kappa shape index (κ2) is 9.89. The largest absolute Gasteiger partial charge is 0.376 e. The average molecular weight is 429 g/mol. The lowest BCUT2D eigenvalue weighted by Crippen LogP contribution is -2.46. The Kier molecular flexibility index (Phi) is 6.99. The van der Waals surface area contributed by atoms with Gasteiger partial charge in [-0.1, -0.05) is 6.92 Å². The number of carbonyl (C=O) groups excluding carboxylic acids is 3. The molecule has 168 valence electrons. The summed E-state index contributed by atoms with van der Waals surface area (Å²) >= 11 is 0. The normalized spacial score (nSPS) is 22.2. The highest BCUT2D eigenvalue weighted by Crippen LogP contribution is 2.26. The molecular weight excluding hydrogens is 396 g/mol. The van der Waals surface area contributed by atoms with Crippen molar-refractivity contribution in [1.82, 2.24) is 20.0 Å². The Morgan fingerprint density at radius 1 is 1.10 bits per heavy atom. The fourth-order valence-electron chi connectivity index (χ4n) is 4.53. The number of likely N-dealkylation sites (N-methyl/N-ethyl adjacent to an activating group) is 1. The molecule has 1 N–H and O–H groups in total. The third-order valence-electron chi connectivity index (χ3n) is 6.49. The fraction of sp³-hybridized carbons (Fsp3) is 0.609. The van der Waals surface area contributed by atoms with E-state index in [9.17, 15) is 14.4 Å². The first-order valence-corrected chi connectivity index (χ1v) is 11.4. The van der Waals surface area contributed by atoms with Crippen LogP contribution in [0.25, 0.3) is 0 Å². The molecule has 1 unspecified atom stereocenters. The van der Waals surface area contributed by atoms with E-state index in [0.29, 0.717) is 29.8 Å². The predicted molar refractivity (Wildman–Crippen MR) is 116 cm³/mol. The molecule has 8 nitrogen and oxygen atoms in total. The second-order valence-corrected chi connectivity index (χ2v) is 8.50. The summed E-state index contributed by atoms with van der Waals surface area (Å²) in [6.07, 6.45) is 2.60. The van der Waals surface area contributed by atoms with Gasteiger partial charge in [-0.05, 0) is 50.6 Å². The third-order valence-corrected chi connectivity index (χ3v) is 6.49.